The molecule has 0 bridgehead atoms. The number of nitrogens with one attached hydrogen (secondary N) is 1. The number of carboxylic acid groups (broad SMARTS) is 1. The summed E-state index contributed by atoms with van der Waals surface area (Å²) in [6.07, 6.45) is 2.10. The van der Waals surface area contributed by atoms with Gasteiger partial charge in [0.05, 0.1) is 0 Å². The Morgan fingerprint density at radius 2 is 2.21 bits per heavy atom. The van der Waals surface area contributed by atoms with E-state index in [0.29, 0.717) is 5.92 Å². The molecule has 0 aliphatic heterocycles. The summed E-state index contributed by atoms with van der Waals surface area (Å²) in [5.41, 5.74) is 0. The van der Waals surface area contributed by atoms with Crippen LogP contribution in [0.2, 0.25) is 0 Å². The normalized spacial score (nSPS) is 24.4. The predicted octanol–water partition coefficient (Wildman–Crippen LogP) is 0.00230. The van der Waals surface area contributed by atoms with Crippen molar-refractivity contribution < 1.29 is 19.4 Å². The second-order valence-corrected chi connectivity index (χ2v) is 3.46. The van der Waals surface area contributed by atoms with E-state index in [-0.39, 0.29) is 18.6 Å². The van der Waals surface area contributed by atoms with Crippen molar-refractivity contribution in [2.45, 2.75) is 25.8 Å². The zero-order valence-electron chi connectivity index (χ0n) is 8.16. The molecule has 1 aliphatic carbocycles. The molecular formula is C9H15NO4. The van der Waals surface area contributed by atoms with Crippen LogP contribution in [-0.2, 0) is 14.3 Å². The van der Waals surface area contributed by atoms with Gasteiger partial charge in [-0.25, -0.2) is 4.79 Å². The fourth-order valence-electron chi connectivity index (χ4n) is 1.36. The summed E-state index contributed by atoms with van der Waals surface area (Å²) < 4.78 is 4.64. The molecule has 1 rings (SSSR count). The summed E-state index contributed by atoms with van der Waals surface area (Å²) in [5, 5.41) is 11.0. The van der Waals surface area contributed by atoms with Crippen molar-refractivity contribution in [1.82, 2.24) is 5.32 Å². The monoisotopic (exact) mass is 201 g/mol. The molecule has 0 spiro atoms. The van der Waals surface area contributed by atoms with Crippen molar-refractivity contribution in [2.24, 2.45) is 5.92 Å². The van der Waals surface area contributed by atoms with Gasteiger partial charge in [-0.1, -0.05) is 13.3 Å². The lowest BCUT2D eigenvalue weighted by Gasteiger charge is -2.03. The van der Waals surface area contributed by atoms with Gasteiger partial charge in [0, 0.05) is 6.04 Å². The first-order valence-corrected chi connectivity index (χ1v) is 4.72. The molecule has 2 N–H and O–H groups in total. The second-order valence-electron chi connectivity index (χ2n) is 3.46. The first kappa shape index (κ1) is 11.0. The van der Waals surface area contributed by atoms with Gasteiger partial charge in [-0.3, -0.25) is 4.79 Å². The largest absolute Gasteiger partial charge is 0.480 e. The van der Waals surface area contributed by atoms with Gasteiger partial charge in [0.15, 0.2) is 0 Å². The molecule has 2 unspecified atom stereocenters. The van der Waals surface area contributed by atoms with Gasteiger partial charge in [-0.15, -0.1) is 0 Å². The highest BCUT2D eigenvalue weighted by atomic mass is 16.5. The number of hydrogen-bond donors (Lipinski definition) is 2. The van der Waals surface area contributed by atoms with Crippen LogP contribution in [0, 0.1) is 5.92 Å². The van der Waals surface area contributed by atoms with Gasteiger partial charge >= 0.3 is 5.97 Å². The van der Waals surface area contributed by atoms with Crippen LogP contribution in [0.4, 0.5) is 0 Å². The Bertz CT molecular complexity index is 229. The smallest absolute Gasteiger partial charge is 0.329 e. The molecular weight excluding hydrogens is 186 g/mol. The topological polar surface area (TPSA) is 75.6 Å². The fourth-order valence-corrected chi connectivity index (χ4v) is 1.36. The highest BCUT2D eigenvalue weighted by Crippen LogP contribution is 2.32. The molecule has 1 fully saturated rings. The van der Waals surface area contributed by atoms with Crippen LogP contribution in [0.3, 0.4) is 0 Å². The summed E-state index contributed by atoms with van der Waals surface area (Å²) in [5.74, 6) is -0.693. The van der Waals surface area contributed by atoms with E-state index >= 15 is 0 Å². The third kappa shape index (κ3) is 3.74. The van der Waals surface area contributed by atoms with Gasteiger partial charge in [0.1, 0.15) is 13.2 Å². The standard InChI is InChI=1S/C9H15NO4/c1-2-6-3-7(6)10-8(11)4-14-5-9(12)13/h6-7H,2-5H2,1H3,(H,10,11)(H,12,13). The lowest BCUT2D eigenvalue weighted by Crippen LogP contribution is -2.31. The third-order valence-electron chi connectivity index (χ3n) is 2.25. The van der Waals surface area contributed by atoms with Gasteiger partial charge in [0.2, 0.25) is 5.91 Å². The summed E-state index contributed by atoms with van der Waals surface area (Å²) in [7, 11) is 0. The van der Waals surface area contributed by atoms with E-state index < -0.39 is 12.6 Å². The van der Waals surface area contributed by atoms with Crippen LogP contribution in [-0.4, -0.2) is 36.2 Å². The first-order valence-electron chi connectivity index (χ1n) is 4.72. The number of ether oxygens (including phenoxy) is 1. The van der Waals surface area contributed by atoms with E-state index in [1.165, 1.54) is 0 Å². The molecule has 1 saturated carbocycles. The molecule has 1 aliphatic rings. The second kappa shape index (κ2) is 4.95. The van der Waals surface area contributed by atoms with Crippen molar-refractivity contribution in [3.05, 3.63) is 0 Å². The molecule has 0 heterocycles. The number of carbonyl (C=O) groups is 2. The Balaban J connectivity index is 2.03. The number of carbonyl (C=O) groups excluding carboxylic acids is 1. The maximum Gasteiger partial charge on any atom is 0.329 e. The van der Waals surface area contributed by atoms with E-state index in [4.69, 9.17) is 5.11 Å². The summed E-state index contributed by atoms with van der Waals surface area (Å²) in [4.78, 5) is 21.2. The number of carboxylic acids is 1. The molecule has 0 aromatic carbocycles. The Morgan fingerprint density at radius 1 is 1.50 bits per heavy atom. The average Bonchev–Trinajstić information content (AvgIpc) is 2.82. The van der Waals surface area contributed by atoms with Crippen LogP contribution in [0.15, 0.2) is 0 Å². The van der Waals surface area contributed by atoms with Crippen LogP contribution >= 0.6 is 0 Å². The molecule has 5 nitrogen and oxygen atoms in total. The van der Waals surface area contributed by atoms with Crippen molar-refractivity contribution in [3.63, 3.8) is 0 Å². The molecule has 2 atom stereocenters. The molecule has 14 heavy (non-hydrogen) atoms. The van der Waals surface area contributed by atoms with E-state index in [0.717, 1.165) is 12.8 Å². The third-order valence-corrected chi connectivity index (χ3v) is 2.25. The molecule has 0 aromatic rings. The van der Waals surface area contributed by atoms with E-state index in [2.05, 4.69) is 17.0 Å². The molecule has 0 aromatic heterocycles. The molecule has 1 amide bonds. The van der Waals surface area contributed by atoms with Gasteiger partial charge in [-0.2, -0.15) is 0 Å². The Labute approximate surface area is 82.4 Å². The Kier molecular flexibility index (Phi) is 3.88. The Hall–Kier alpha value is -1.10. The predicted molar refractivity (Wildman–Crippen MR) is 48.8 cm³/mol. The van der Waals surface area contributed by atoms with Gasteiger partial charge in [0.25, 0.3) is 0 Å². The number of rotatable bonds is 6. The van der Waals surface area contributed by atoms with Gasteiger partial charge < -0.3 is 15.2 Å². The highest BCUT2D eigenvalue weighted by molar-refractivity contribution is 5.78. The molecule has 0 saturated heterocycles. The van der Waals surface area contributed by atoms with Crippen molar-refractivity contribution >= 4 is 11.9 Å². The minimum absolute atomic E-state index is 0.167. The summed E-state index contributed by atoms with van der Waals surface area (Å²) in [6.45, 7) is 1.49. The van der Waals surface area contributed by atoms with E-state index in [1.807, 2.05) is 0 Å². The SMILES string of the molecule is CCC1CC1NC(=O)COCC(=O)O. The van der Waals surface area contributed by atoms with Gasteiger partial charge in [-0.05, 0) is 12.3 Å². The number of aliphatic carboxylic acids is 1. The van der Waals surface area contributed by atoms with Crippen LogP contribution in [0.5, 0.6) is 0 Å². The molecule has 80 valence electrons. The molecule has 0 radical (unpaired) electrons. The lowest BCUT2D eigenvalue weighted by molar-refractivity contribution is -0.143. The maximum atomic E-state index is 11.1. The van der Waals surface area contributed by atoms with Crippen LogP contribution < -0.4 is 5.32 Å². The van der Waals surface area contributed by atoms with Crippen molar-refractivity contribution in [3.8, 4) is 0 Å². The zero-order chi connectivity index (χ0) is 10.6. The van der Waals surface area contributed by atoms with Crippen LogP contribution in [0.25, 0.3) is 0 Å². The highest BCUT2D eigenvalue weighted by Gasteiger charge is 2.36. The first-order chi connectivity index (χ1) is 6.63. The maximum absolute atomic E-state index is 11.1. The minimum Gasteiger partial charge on any atom is -0.480 e. The van der Waals surface area contributed by atoms with E-state index in [1.54, 1.807) is 0 Å². The fraction of sp³-hybridized carbons (Fsp3) is 0.778. The Morgan fingerprint density at radius 3 is 2.71 bits per heavy atom. The summed E-state index contributed by atoms with van der Waals surface area (Å²) >= 11 is 0. The van der Waals surface area contributed by atoms with E-state index in [9.17, 15) is 9.59 Å². The van der Waals surface area contributed by atoms with Crippen molar-refractivity contribution in [2.75, 3.05) is 13.2 Å². The van der Waals surface area contributed by atoms with Crippen LogP contribution in [0.1, 0.15) is 19.8 Å². The number of amides is 1. The quantitative estimate of drug-likeness (QED) is 0.634. The number of hydrogen-bond acceptors (Lipinski definition) is 3. The summed E-state index contributed by atoms with van der Waals surface area (Å²) in [6, 6.07) is 0.279. The molecule has 5 heteroatoms. The average molecular weight is 201 g/mol. The van der Waals surface area contributed by atoms with Crippen molar-refractivity contribution in [1.29, 1.82) is 0 Å². The zero-order valence-corrected chi connectivity index (χ0v) is 8.16. The lowest BCUT2D eigenvalue weighted by atomic mass is 10.3. The minimum atomic E-state index is -1.06.